The SMILES string of the molecule is COCc1cc(NC(=O)c2cc(F)c(Cl)s2)cn(CC(F)F)c1=O. The fourth-order valence-electron chi connectivity index (χ4n) is 1.96. The molecule has 0 aliphatic rings. The molecule has 0 saturated carbocycles. The predicted molar refractivity (Wildman–Crippen MR) is 84.7 cm³/mol. The lowest BCUT2D eigenvalue weighted by Gasteiger charge is -2.12. The number of rotatable bonds is 6. The van der Waals surface area contributed by atoms with Crippen LogP contribution in [0.5, 0.6) is 0 Å². The third-order valence-electron chi connectivity index (χ3n) is 2.92. The number of hydrogen-bond donors (Lipinski definition) is 1. The summed E-state index contributed by atoms with van der Waals surface area (Å²) in [5.74, 6) is -1.40. The maximum absolute atomic E-state index is 13.2. The molecule has 0 unspecified atom stereocenters. The zero-order valence-electron chi connectivity index (χ0n) is 12.3. The third-order valence-corrected chi connectivity index (χ3v) is 4.23. The number of aromatic nitrogens is 1. The van der Waals surface area contributed by atoms with Crippen LogP contribution in [0.1, 0.15) is 15.2 Å². The van der Waals surface area contributed by atoms with Crippen LogP contribution in [0.25, 0.3) is 0 Å². The van der Waals surface area contributed by atoms with E-state index in [0.29, 0.717) is 0 Å². The molecule has 0 fully saturated rings. The van der Waals surface area contributed by atoms with E-state index in [9.17, 15) is 22.8 Å². The van der Waals surface area contributed by atoms with Crippen molar-refractivity contribution in [1.29, 1.82) is 0 Å². The third kappa shape index (κ3) is 4.37. The molecule has 0 bridgehead atoms. The molecule has 2 aromatic heterocycles. The zero-order valence-corrected chi connectivity index (χ0v) is 13.9. The van der Waals surface area contributed by atoms with Gasteiger partial charge in [0.25, 0.3) is 17.9 Å². The molecule has 1 N–H and O–H groups in total. The lowest BCUT2D eigenvalue weighted by atomic mass is 10.2. The van der Waals surface area contributed by atoms with E-state index < -0.39 is 30.3 Å². The minimum atomic E-state index is -2.74. The summed E-state index contributed by atoms with van der Waals surface area (Å²) in [7, 11) is 1.35. The van der Waals surface area contributed by atoms with E-state index in [4.69, 9.17) is 16.3 Å². The summed E-state index contributed by atoms with van der Waals surface area (Å²) in [6.45, 7) is -0.927. The van der Waals surface area contributed by atoms with Gasteiger partial charge in [-0.25, -0.2) is 13.2 Å². The molecule has 0 aliphatic heterocycles. The summed E-state index contributed by atoms with van der Waals surface area (Å²) < 4.78 is 43.9. The van der Waals surface area contributed by atoms with Crippen molar-refractivity contribution in [3.8, 4) is 0 Å². The number of nitrogens with zero attached hydrogens (tertiary/aromatic N) is 1. The van der Waals surface area contributed by atoms with Gasteiger partial charge >= 0.3 is 0 Å². The van der Waals surface area contributed by atoms with E-state index in [1.165, 1.54) is 13.2 Å². The van der Waals surface area contributed by atoms with Crippen molar-refractivity contribution in [2.45, 2.75) is 19.6 Å². The van der Waals surface area contributed by atoms with Gasteiger partial charge < -0.3 is 14.6 Å². The van der Waals surface area contributed by atoms with Gasteiger partial charge in [-0.1, -0.05) is 11.6 Å². The number of hydrogen-bond acceptors (Lipinski definition) is 4. The summed E-state index contributed by atoms with van der Waals surface area (Å²) in [6, 6.07) is 2.28. The summed E-state index contributed by atoms with van der Waals surface area (Å²) in [6.07, 6.45) is -1.65. The molecule has 0 aliphatic carbocycles. The number of pyridine rings is 1. The van der Waals surface area contributed by atoms with Crippen molar-refractivity contribution in [1.82, 2.24) is 4.57 Å². The average Bonchev–Trinajstić information content (AvgIpc) is 2.83. The molecule has 2 rings (SSSR count). The first-order valence-electron chi connectivity index (χ1n) is 6.58. The number of ether oxygens (including phenoxy) is 1. The first-order chi connectivity index (χ1) is 11.3. The molecule has 0 spiro atoms. The summed E-state index contributed by atoms with van der Waals surface area (Å²) in [4.78, 5) is 24.1. The predicted octanol–water partition coefficient (Wildman–Crippen LogP) is 3.37. The summed E-state index contributed by atoms with van der Waals surface area (Å²) in [5.41, 5.74) is -0.427. The Hall–Kier alpha value is -1.84. The molecule has 0 atom stereocenters. The van der Waals surface area contributed by atoms with Crippen LogP contribution in [0.3, 0.4) is 0 Å². The van der Waals surface area contributed by atoms with Crippen LogP contribution in [0.2, 0.25) is 4.34 Å². The van der Waals surface area contributed by atoms with Gasteiger partial charge in [-0.05, 0) is 12.1 Å². The van der Waals surface area contributed by atoms with Gasteiger partial charge in [0.05, 0.1) is 23.7 Å². The largest absolute Gasteiger partial charge is 0.380 e. The minimum Gasteiger partial charge on any atom is -0.380 e. The Morgan fingerprint density at radius 3 is 2.71 bits per heavy atom. The van der Waals surface area contributed by atoms with Gasteiger partial charge in [0.1, 0.15) is 4.34 Å². The second-order valence-electron chi connectivity index (χ2n) is 4.72. The molecule has 0 aromatic carbocycles. The fourth-order valence-corrected chi connectivity index (χ4v) is 2.92. The number of alkyl halides is 2. The quantitative estimate of drug-likeness (QED) is 0.836. The maximum atomic E-state index is 13.2. The van der Waals surface area contributed by atoms with E-state index >= 15 is 0 Å². The van der Waals surface area contributed by atoms with Crippen molar-refractivity contribution in [2.75, 3.05) is 12.4 Å². The highest BCUT2D eigenvalue weighted by molar-refractivity contribution is 7.18. The molecule has 0 saturated heterocycles. The highest BCUT2D eigenvalue weighted by Crippen LogP contribution is 2.26. The standard InChI is InChI=1S/C14H12ClF3N2O3S/c1-23-6-7-2-8(4-20(14(7)22)5-11(17)18)19-13(21)10-3-9(16)12(15)24-10/h2-4,11H,5-6H2,1H3,(H,19,21). The summed E-state index contributed by atoms with van der Waals surface area (Å²) in [5, 5.41) is 2.42. The molecule has 2 aromatic rings. The number of methoxy groups -OCH3 is 1. The monoisotopic (exact) mass is 380 g/mol. The van der Waals surface area contributed by atoms with Crippen molar-refractivity contribution in [3.63, 3.8) is 0 Å². The Morgan fingerprint density at radius 2 is 2.17 bits per heavy atom. The van der Waals surface area contributed by atoms with E-state index in [0.717, 1.165) is 28.2 Å². The number of nitrogens with one attached hydrogen (secondary N) is 1. The molecule has 10 heteroatoms. The van der Waals surface area contributed by atoms with Gasteiger partial charge in [-0.15, -0.1) is 11.3 Å². The average molecular weight is 381 g/mol. The van der Waals surface area contributed by atoms with Crippen LogP contribution in [0, 0.1) is 5.82 Å². The lowest BCUT2D eigenvalue weighted by Crippen LogP contribution is -2.27. The number of anilines is 1. The lowest BCUT2D eigenvalue weighted by molar-refractivity contribution is 0.103. The van der Waals surface area contributed by atoms with E-state index in [-0.39, 0.29) is 27.1 Å². The molecular formula is C14H12ClF3N2O3S. The van der Waals surface area contributed by atoms with E-state index in [1.54, 1.807) is 0 Å². The molecule has 130 valence electrons. The van der Waals surface area contributed by atoms with E-state index in [1.807, 2.05) is 0 Å². The highest BCUT2D eigenvalue weighted by atomic mass is 35.5. The van der Waals surface area contributed by atoms with Crippen LogP contribution >= 0.6 is 22.9 Å². The summed E-state index contributed by atoms with van der Waals surface area (Å²) >= 11 is 6.30. The van der Waals surface area contributed by atoms with Crippen LogP contribution < -0.4 is 10.9 Å². The van der Waals surface area contributed by atoms with Gasteiger partial charge in [-0.2, -0.15) is 0 Å². The van der Waals surface area contributed by atoms with Gasteiger partial charge in [0, 0.05) is 18.9 Å². The number of thiophene rings is 1. The molecule has 0 radical (unpaired) electrons. The van der Waals surface area contributed by atoms with Crippen LogP contribution in [0.15, 0.2) is 23.1 Å². The molecular weight excluding hydrogens is 369 g/mol. The van der Waals surface area contributed by atoms with Crippen molar-refractivity contribution >= 4 is 34.5 Å². The van der Waals surface area contributed by atoms with Crippen LogP contribution in [-0.4, -0.2) is 24.0 Å². The molecule has 24 heavy (non-hydrogen) atoms. The Bertz CT molecular complexity index is 788. The maximum Gasteiger partial charge on any atom is 0.265 e. The minimum absolute atomic E-state index is 0.0115. The zero-order chi connectivity index (χ0) is 17.9. The Morgan fingerprint density at radius 1 is 1.46 bits per heavy atom. The Kier molecular flexibility index (Phi) is 6.03. The molecule has 1 amide bonds. The second-order valence-corrected chi connectivity index (χ2v) is 6.38. The number of carbonyl (C=O) groups excluding carboxylic acids is 1. The number of amides is 1. The number of carbonyl (C=O) groups is 1. The number of halogens is 4. The molecule has 2 heterocycles. The highest BCUT2D eigenvalue weighted by Gasteiger charge is 2.16. The Balaban J connectivity index is 2.33. The molecule has 5 nitrogen and oxygen atoms in total. The van der Waals surface area contributed by atoms with Gasteiger partial charge in [-0.3, -0.25) is 9.59 Å². The van der Waals surface area contributed by atoms with Crippen molar-refractivity contribution in [3.05, 3.63) is 49.3 Å². The first kappa shape index (κ1) is 18.5. The fraction of sp³-hybridized carbons (Fsp3) is 0.286. The van der Waals surface area contributed by atoms with Crippen molar-refractivity contribution < 1.29 is 22.7 Å². The van der Waals surface area contributed by atoms with Gasteiger partial charge in [0.15, 0.2) is 5.82 Å². The first-order valence-corrected chi connectivity index (χ1v) is 7.78. The smallest absolute Gasteiger partial charge is 0.265 e. The van der Waals surface area contributed by atoms with Gasteiger partial charge in [0.2, 0.25) is 0 Å². The van der Waals surface area contributed by atoms with E-state index in [2.05, 4.69) is 5.32 Å². The second kappa shape index (κ2) is 7.82. The topological polar surface area (TPSA) is 60.3 Å². The van der Waals surface area contributed by atoms with Crippen LogP contribution in [0.4, 0.5) is 18.9 Å². The van der Waals surface area contributed by atoms with Crippen molar-refractivity contribution in [2.24, 2.45) is 0 Å². The Labute approximate surface area is 143 Å². The normalized spacial score (nSPS) is 11.1. The van der Waals surface area contributed by atoms with Crippen LogP contribution in [-0.2, 0) is 17.9 Å².